The molecule has 0 aliphatic carbocycles. The SMILES string of the molecule is CCOC(=O)CCC(=O)N(Cc1nc2cc(F)cc(F)c2s1)c1ccccc1OC. The van der Waals surface area contributed by atoms with Gasteiger partial charge in [0.15, 0.2) is 0 Å². The number of esters is 1. The smallest absolute Gasteiger partial charge is 0.306 e. The van der Waals surface area contributed by atoms with Gasteiger partial charge in [0, 0.05) is 18.6 Å². The van der Waals surface area contributed by atoms with Crippen molar-refractivity contribution in [1.82, 2.24) is 4.98 Å². The van der Waals surface area contributed by atoms with E-state index in [1.54, 1.807) is 31.2 Å². The third-order valence-corrected chi connectivity index (χ3v) is 5.34. The van der Waals surface area contributed by atoms with Gasteiger partial charge in [-0.2, -0.15) is 0 Å². The topological polar surface area (TPSA) is 68.7 Å². The number of aromatic nitrogens is 1. The zero-order valence-corrected chi connectivity index (χ0v) is 17.3. The van der Waals surface area contributed by atoms with Crippen LogP contribution in [-0.2, 0) is 20.9 Å². The Morgan fingerprint density at radius 3 is 2.67 bits per heavy atom. The molecule has 158 valence electrons. The standard InChI is InChI=1S/C21H20F2N2O4S/c1-3-29-20(27)9-8-19(26)25(16-6-4-5-7-17(16)28-2)12-18-24-15-11-13(22)10-14(23)21(15)30-18/h4-7,10-11H,3,8-9,12H2,1-2H3. The molecule has 6 nitrogen and oxygen atoms in total. The summed E-state index contributed by atoms with van der Waals surface area (Å²) in [5.74, 6) is -1.78. The number of nitrogens with zero attached hydrogens (tertiary/aromatic N) is 2. The molecule has 9 heteroatoms. The fourth-order valence-electron chi connectivity index (χ4n) is 2.95. The lowest BCUT2D eigenvalue weighted by atomic mass is 10.2. The van der Waals surface area contributed by atoms with Crippen LogP contribution in [0.1, 0.15) is 24.8 Å². The number of anilines is 1. The van der Waals surface area contributed by atoms with Crippen molar-refractivity contribution in [2.45, 2.75) is 26.3 Å². The Labute approximate surface area is 176 Å². The number of para-hydroxylation sites is 2. The molecule has 0 N–H and O–H groups in total. The van der Waals surface area contributed by atoms with Gasteiger partial charge in [0.25, 0.3) is 0 Å². The molecule has 0 atom stereocenters. The number of methoxy groups -OCH3 is 1. The summed E-state index contributed by atoms with van der Waals surface area (Å²) in [4.78, 5) is 30.3. The lowest BCUT2D eigenvalue weighted by Crippen LogP contribution is -2.31. The quantitative estimate of drug-likeness (QED) is 0.490. The molecule has 2 aromatic carbocycles. The van der Waals surface area contributed by atoms with Gasteiger partial charge in [0.05, 0.1) is 42.6 Å². The number of fused-ring (bicyclic) bond motifs is 1. The average Bonchev–Trinajstić information content (AvgIpc) is 3.13. The predicted octanol–water partition coefficient (Wildman–Crippen LogP) is 4.46. The van der Waals surface area contributed by atoms with Gasteiger partial charge in [-0.1, -0.05) is 12.1 Å². The van der Waals surface area contributed by atoms with Crippen LogP contribution >= 0.6 is 11.3 Å². The Balaban J connectivity index is 1.92. The highest BCUT2D eigenvalue weighted by Crippen LogP contribution is 2.32. The van der Waals surface area contributed by atoms with Crippen LogP contribution in [-0.4, -0.2) is 30.6 Å². The summed E-state index contributed by atoms with van der Waals surface area (Å²) in [7, 11) is 1.48. The molecule has 0 aliphatic heterocycles. The van der Waals surface area contributed by atoms with E-state index in [1.807, 2.05) is 0 Å². The van der Waals surface area contributed by atoms with E-state index in [4.69, 9.17) is 9.47 Å². The van der Waals surface area contributed by atoms with Gasteiger partial charge < -0.3 is 14.4 Å². The summed E-state index contributed by atoms with van der Waals surface area (Å²) in [6.45, 7) is 1.94. The predicted molar refractivity (Wildman–Crippen MR) is 110 cm³/mol. The van der Waals surface area contributed by atoms with Gasteiger partial charge in [-0.15, -0.1) is 11.3 Å². The van der Waals surface area contributed by atoms with Crippen molar-refractivity contribution >= 4 is 39.1 Å². The number of halogens is 2. The van der Waals surface area contributed by atoms with Gasteiger partial charge in [-0.05, 0) is 19.1 Å². The maximum Gasteiger partial charge on any atom is 0.306 e. The first-order valence-corrected chi connectivity index (χ1v) is 10.1. The molecule has 1 amide bonds. The van der Waals surface area contributed by atoms with Gasteiger partial charge in [-0.3, -0.25) is 9.59 Å². The molecule has 0 unspecified atom stereocenters. The van der Waals surface area contributed by atoms with E-state index in [-0.39, 0.29) is 42.1 Å². The summed E-state index contributed by atoms with van der Waals surface area (Å²) in [6, 6.07) is 8.86. The first kappa shape index (κ1) is 21.6. The number of carbonyl (C=O) groups is 2. The van der Waals surface area contributed by atoms with Crippen LogP contribution < -0.4 is 9.64 Å². The minimum atomic E-state index is -0.719. The van der Waals surface area contributed by atoms with Crippen molar-refractivity contribution in [3.8, 4) is 5.75 Å². The first-order chi connectivity index (χ1) is 14.4. The normalized spacial score (nSPS) is 10.8. The fourth-order valence-corrected chi connectivity index (χ4v) is 3.89. The number of ether oxygens (including phenoxy) is 2. The molecular formula is C21H20F2N2O4S. The van der Waals surface area contributed by atoms with Crippen molar-refractivity contribution in [3.63, 3.8) is 0 Å². The van der Waals surface area contributed by atoms with E-state index >= 15 is 0 Å². The van der Waals surface area contributed by atoms with Gasteiger partial charge in [-0.25, -0.2) is 13.8 Å². The molecule has 0 aliphatic rings. The summed E-state index contributed by atoms with van der Waals surface area (Å²) in [5.41, 5.74) is 0.672. The number of hydrogen-bond acceptors (Lipinski definition) is 6. The minimum absolute atomic E-state index is 0.0163. The summed E-state index contributed by atoms with van der Waals surface area (Å²) in [6.07, 6.45) is -0.150. The van der Waals surface area contributed by atoms with Crippen molar-refractivity contribution in [1.29, 1.82) is 0 Å². The van der Waals surface area contributed by atoms with Crippen molar-refractivity contribution in [2.75, 3.05) is 18.6 Å². The molecule has 0 spiro atoms. The van der Waals surface area contributed by atoms with Crippen LogP contribution in [0.5, 0.6) is 5.75 Å². The van der Waals surface area contributed by atoms with Crippen LogP contribution in [0.15, 0.2) is 36.4 Å². The third-order valence-electron chi connectivity index (χ3n) is 4.27. The maximum atomic E-state index is 14.1. The highest BCUT2D eigenvalue weighted by atomic mass is 32.1. The zero-order chi connectivity index (χ0) is 21.7. The Morgan fingerprint density at radius 1 is 1.17 bits per heavy atom. The zero-order valence-electron chi connectivity index (χ0n) is 16.5. The molecule has 1 aromatic heterocycles. The number of hydrogen-bond donors (Lipinski definition) is 0. The van der Waals surface area contributed by atoms with Crippen LogP contribution in [0.25, 0.3) is 10.2 Å². The molecule has 0 saturated carbocycles. The number of amides is 1. The number of benzene rings is 2. The molecule has 1 heterocycles. The van der Waals surface area contributed by atoms with E-state index in [9.17, 15) is 18.4 Å². The Hall–Kier alpha value is -3.07. The molecule has 0 saturated heterocycles. The van der Waals surface area contributed by atoms with E-state index in [0.29, 0.717) is 16.4 Å². The lowest BCUT2D eigenvalue weighted by Gasteiger charge is -2.23. The summed E-state index contributed by atoms with van der Waals surface area (Å²) in [5, 5.41) is 0.421. The van der Waals surface area contributed by atoms with Gasteiger partial charge in [0.1, 0.15) is 22.4 Å². The van der Waals surface area contributed by atoms with Gasteiger partial charge in [0.2, 0.25) is 5.91 Å². The van der Waals surface area contributed by atoms with Crippen LogP contribution in [0.4, 0.5) is 14.5 Å². The number of rotatable bonds is 8. The highest BCUT2D eigenvalue weighted by Gasteiger charge is 2.23. The molecule has 30 heavy (non-hydrogen) atoms. The van der Waals surface area contributed by atoms with Crippen molar-refractivity contribution < 1.29 is 27.8 Å². The Morgan fingerprint density at radius 2 is 1.93 bits per heavy atom. The largest absolute Gasteiger partial charge is 0.495 e. The third kappa shape index (κ3) is 4.91. The fraction of sp³-hybridized carbons (Fsp3) is 0.286. The second-order valence-corrected chi connectivity index (χ2v) is 7.38. The van der Waals surface area contributed by atoms with Gasteiger partial charge >= 0.3 is 5.97 Å². The molecule has 3 rings (SSSR count). The van der Waals surface area contributed by atoms with E-state index in [1.165, 1.54) is 12.0 Å². The van der Waals surface area contributed by atoms with Crippen LogP contribution in [0, 0.1) is 11.6 Å². The average molecular weight is 434 g/mol. The van der Waals surface area contributed by atoms with E-state index in [2.05, 4.69) is 4.98 Å². The summed E-state index contributed by atoms with van der Waals surface area (Å²) >= 11 is 1.04. The molecule has 0 radical (unpaired) electrons. The molecule has 3 aromatic rings. The Bertz CT molecular complexity index is 1070. The first-order valence-electron chi connectivity index (χ1n) is 9.26. The van der Waals surface area contributed by atoms with Crippen LogP contribution in [0.2, 0.25) is 0 Å². The maximum absolute atomic E-state index is 14.1. The number of carbonyl (C=O) groups excluding carboxylic acids is 2. The Kier molecular flexibility index (Phi) is 6.94. The highest BCUT2D eigenvalue weighted by molar-refractivity contribution is 7.18. The van der Waals surface area contributed by atoms with Crippen molar-refractivity contribution in [2.24, 2.45) is 0 Å². The van der Waals surface area contributed by atoms with E-state index < -0.39 is 17.6 Å². The lowest BCUT2D eigenvalue weighted by molar-refractivity contribution is -0.144. The second-order valence-electron chi connectivity index (χ2n) is 6.30. The van der Waals surface area contributed by atoms with E-state index in [0.717, 1.165) is 23.5 Å². The molecule has 0 fully saturated rings. The molecule has 0 bridgehead atoms. The monoisotopic (exact) mass is 434 g/mol. The second kappa shape index (κ2) is 9.62. The molecular weight excluding hydrogens is 414 g/mol. The van der Waals surface area contributed by atoms with Crippen LogP contribution in [0.3, 0.4) is 0 Å². The minimum Gasteiger partial charge on any atom is -0.495 e. The summed E-state index contributed by atoms with van der Waals surface area (Å²) < 4.78 is 38.0. The van der Waals surface area contributed by atoms with Crippen molar-refractivity contribution in [3.05, 3.63) is 53.0 Å². The number of thiazole rings is 1.